The molecule has 2 N–H and O–H groups in total. The largest absolute Gasteiger partial charge is 0.379 e. The van der Waals surface area contributed by atoms with Crippen LogP contribution in [-0.2, 0) is 6.54 Å². The molecule has 2 aromatic heterocycles. The van der Waals surface area contributed by atoms with Crippen LogP contribution < -0.4 is 5.32 Å². The van der Waals surface area contributed by atoms with Crippen molar-refractivity contribution in [3.8, 4) is 0 Å². The first-order valence-corrected chi connectivity index (χ1v) is 6.39. The number of anilines is 1. The Morgan fingerprint density at radius 3 is 2.95 bits per heavy atom. The van der Waals surface area contributed by atoms with Crippen molar-refractivity contribution in [1.29, 1.82) is 0 Å². The first-order valence-electron chi connectivity index (χ1n) is 6.01. The van der Waals surface area contributed by atoms with E-state index in [9.17, 15) is 0 Å². The van der Waals surface area contributed by atoms with Crippen molar-refractivity contribution in [3.63, 3.8) is 0 Å². The highest BCUT2D eigenvalue weighted by atomic mass is 35.5. The van der Waals surface area contributed by atoms with E-state index in [2.05, 4.69) is 20.3 Å². The summed E-state index contributed by atoms with van der Waals surface area (Å²) in [4.78, 5) is 11.7. The van der Waals surface area contributed by atoms with E-state index in [1.165, 1.54) is 0 Å². The minimum absolute atomic E-state index is 0.665. The van der Waals surface area contributed by atoms with Crippen molar-refractivity contribution in [2.75, 3.05) is 5.32 Å². The summed E-state index contributed by atoms with van der Waals surface area (Å²) in [6.07, 6.45) is 3.58. The van der Waals surface area contributed by atoms with Gasteiger partial charge in [-0.25, -0.2) is 4.98 Å². The van der Waals surface area contributed by atoms with Crippen LogP contribution in [0.3, 0.4) is 0 Å². The Kier molecular flexibility index (Phi) is 3.09. The minimum atomic E-state index is 0.665. The molecule has 4 nitrogen and oxygen atoms in total. The number of hydrogen-bond acceptors (Lipinski definition) is 3. The van der Waals surface area contributed by atoms with Crippen LogP contribution in [0.25, 0.3) is 10.9 Å². The van der Waals surface area contributed by atoms with Crippen LogP contribution in [-0.4, -0.2) is 15.0 Å². The molecule has 3 aromatic rings. The van der Waals surface area contributed by atoms with Gasteiger partial charge in [-0.1, -0.05) is 11.6 Å². The summed E-state index contributed by atoms with van der Waals surface area (Å²) in [5.74, 6) is 0.916. The van der Waals surface area contributed by atoms with Gasteiger partial charge in [0.15, 0.2) is 0 Å². The quantitative estimate of drug-likeness (QED) is 0.767. The third kappa shape index (κ3) is 2.39. The number of nitrogens with zero attached hydrogens (tertiary/aromatic N) is 2. The van der Waals surface area contributed by atoms with Crippen molar-refractivity contribution in [1.82, 2.24) is 15.0 Å². The monoisotopic (exact) mass is 272 g/mol. The van der Waals surface area contributed by atoms with Crippen LogP contribution in [0.1, 0.15) is 11.5 Å². The van der Waals surface area contributed by atoms with Gasteiger partial charge >= 0.3 is 0 Å². The lowest BCUT2D eigenvalue weighted by Crippen LogP contribution is -2.00. The van der Waals surface area contributed by atoms with Gasteiger partial charge in [-0.3, -0.25) is 4.98 Å². The molecule has 0 aliphatic carbocycles. The van der Waals surface area contributed by atoms with Gasteiger partial charge in [-0.05, 0) is 31.2 Å². The summed E-state index contributed by atoms with van der Waals surface area (Å²) in [5, 5.41) is 5.06. The van der Waals surface area contributed by atoms with E-state index in [4.69, 9.17) is 11.6 Å². The fourth-order valence-corrected chi connectivity index (χ4v) is 2.26. The maximum absolute atomic E-state index is 6.14. The molecule has 0 saturated carbocycles. The van der Waals surface area contributed by atoms with Crippen molar-refractivity contribution >= 4 is 28.2 Å². The Hall–Kier alpha value is -2.07. The van der Waals surface area contributed by atoms with Crippen LogP contribution in [0.15, 0.2) is 36.7 Å². The van der Waals surface area contributed by atoms with Crippen molar-refractivity contribution in [2.24, 2.45) is 0 Å². The first kappa shape index (κ1) is 12.0. The number of benzene rings is 1. The molecule has 0 fully saturated rings. The number of halogens is 1. The topological polar surface area (TPSA) is 53.6 Å². The zero-order valence-electron chi connectivity index (χ0n) is 10.4. The number of imidazole rings is 1. The maximum atomic E-state index is 6.14. The summed E-state index contributed by atoms with van der Waals surface area (Å²) in [5.41, 5.74) is 2.87. The third-order valence-corrected chi connectivity index (χ3v) is 3.25. The van der Waals surface area contributed by atoms with E-state index in [0.29, 0.717) is 11.6 Å². The lowest BCUT2D eigenvalue weighted by molar-refractivity contribution is 1.05. The van der Waals surface area contributed by atoms with E-state index in [1.807, 2.05) is 37.4 Å². The van der Waals surface area contributed by atoms with Crippen molar-refractivity contribution in [3.05, 3.63) is 53.2 Å². The summed E-state index contributed by atoms with van der Waals surface area (Å²) >= 11 is 6.14. The lowest BCUT2D eigenvalue weighted by atomic mass is 10.2. The number of hydrogen-bond donors (Lipinski definition) is 2. The molecule has 19 heavy (non-hydrogen) atoms. The molecule has 0 aliphatic heterocycles. The second kappa shape index (κ2) is 4.90. The molecule has 0 amide bonds. The van der Waals surface area contributed by atoms with Crippen LogP contribution in [0.4, 0.5) is 5.69 Å². The predicted molar refractivity (Wildman–Crippen MR) is 77.4 cm³/mol. The SMILES string of the molecule is Cc1ncc(CNc2ccc(Cl)c3ncccc23)[nH]1. The Morgan fingerprint density at radius 2 is 2.16 bits per heavy atom. The van der Waals surface area contributed by atoms with Gasteiger partial charge in [-0.2, -0.15) is 0 Å². The van der Waals surface area contributed by atoms with Gasteiger partial charge in [-0.15, -0.1) is 0 Å². The minimum Gasteiger partial charge on any atom is -0.379 e. The molecule has 5 heteroatoms. The van der Waals surface area contributed by atoms with Gasteiger partial charge < -0.3 is 10.3 Å². The summed E-state index contributed by atoms with van der Waals surface area (Å²) in [6, 6.07) is 7.74. The molecule has 0 spiro atoms. The van der Waals surface area contributed by atoms with E-state index in [0.717, 1.165) is 28.1 Å². The number of nitrogens with one attached hydrogen (secondary N) is 2. The fraction of sp³-hybridized carbons (Fsp3) is 0.143. The van der Waals surface area contributed by atoms with Crippen LogP contribution in [0, 0.1) is 6.92 Å². The average molecular weight is 273 g/mol. The second-order valence-electron chi connectivity index (χ2n) is 4.34. The summed E-state index contributed by atoms with van der Waals surface area (Å²) in [7, 11) is 0. The van der Waals surface area contributed by atoms with E-state index >= 15 is 0 Å². The molecular weight excluding hydrogens is 260 g/mol. The number of aromatic nitrogens is 3. The highest BCUT2D eigenvalue weighted by Crippen LogP contribution is 2.28. The lowest BCUT2D eigenvalue weighted by Gasteiger charge is -2.09. The number of aromatic amines is 1. The van der Waals surface area contributed by atoms with Gasteiger partial charge in [0.2, 0.25) is 0 Å². The van der Waals surface area contributed by atoms with E-state index in [-0.39, 0.29) is 0 Å². The molecule has 0 unspecified atom stereocenters. The molecule has 0 atom stereocenters. The van der Waals surface area contributed by atoms with Gasteiger partial charge in [0.1, 0.15) is 5.82 Å². The van der Waals surface area contributed by atoms with Gasteiger partial charge in [0, 0.05) is 17.3 Å². The van der Waals surface area contributed by atoms with Crippen LogP contribution >= 0.6 is 11.6 Å². The molecule has 3 rings (SSSR count). The zero-order valence-corrected chi connectivity index (χ0v) is 11.2. The standard InChI is InChI=1S/C14H13ClN4/c1-9-17-7-10(19-9)8-18-13-5-4-12(15)14-11(13)3-2-6-16-14/h2-7,18H,8H2,1H3,(H,17,19). The highest BCUT2D eigenvalue weighted by Gasteiger charge is 2.05. The molecule has 96 valence electrons. The average Bonchev–Trinajstić information content (AvgIpc) is 2.84. The van der Waals surface area contributed by atoms with E-state index < -0.39 is 0 Å². The summed E-state index contributed by atoms with van der Waals surface area (Å²) in [6.45, 7) is 2.62. The molecular formula is C14H13ClN4. The Morgan fingerprint density at radius 1 is 1.26 bits per heavy atom. The van der Waals surface area contributed by atoms with Crippen LogP contribution in [0.5, 0.6) is 0 Å². The molecule has 0 saturated heterocycles. The Labute approximate surface area is 115 Å². The zero-order chi connectivity index (χ0) is 13.2. The Bertz CT molecular complexity index is 720. The van der Waals surface area contributed by atoms with E-state index in [1.54, 1.807) is 6.20 Å². The maximum Gasteiger partial charge on any atom is 0.103 e. The highest BCUT2D eigenvalue weighted by molar-refractivity contribution is 6.35. The molecule has 0 radical (unpaired) electrons. The summed E-state index contributed by atoms with van der Waals surface area (Å²) < 4.78 is 0. The van der Waals surface area contributed by atoms with Crippen LogP contribution in [0.2, 0.25) is 5.02 Å². The second-order valence-corrected chi connectivity index (χ2v) is 4.75. The number of fused-ring (bicyclic) bond motifs is 1. The molecule has 2 heterocycles. The predicted octanol–water partition coefficient (Wildman–Crippen LogP) is 3.53. The molecule has 1 aromatic carbocycles. The number of rotatable bonds is 3. The number of pyridine rings is 1. The smallest absolute Gasteiger partial charge is 0.103 e. The first-order chi connectivity index (χ1) is 9.24. The molecule has 0 aliphatic rings. The van der Waals surface area contributed by atoms with Gasteiger partial charge in [0.25, 0.3) is 0 Å². The van der Waals surface area contributed by atoms with Crippen molar-refractivity contribution < 1.29 is 0 Å². The van der Waals surface area contributed by atoms with Crippen molar-refractivity contribution in [2.45, 2.75) is 13.5 Å². The molecule has 0 bridgehead atoms. The Balaban J connectivity index is 1.91. The number of H-pyrrole nitrogens is 1. The third-order valence-electron chi connectivity index (χ3n) is 2.95. The number of aryl methyl sites for hydroxylation is 1. The fourth-order valence-electron chi connectivity index (χ4n) is 2.04. The van der Waals surface area contributed by atoms with Gasteiger partial charge in [0.05, 0.1) is 29.0 Å². The normalized spacial score (nSPS) is 10.8.